The number of carboxylic acid groups (broad SMARTS) is 1. The van der Waals surface area contributed by atoms with Gasteiger partial charge in [-0.3, -0.25) is 4.98 Å². The second-order valence-corrected chi connectivity index (χ2v) is 4.51. The molecular formula is C14H13NO2. The van der Waals surface area contributed by atoms with Crippen molar-refractivity contribution in [1.82, 2.24) is 4.98 Å². The minimum atomic E-state index is -0.885. The molecule has 0 radical (unpaired) electrons. The number of aromatic nitrogens is 1. The standard InChI is InChI=1S/C14H13NO2/c16-14(17)10-5-6-13-11(8-10)7-9-3-1-2-4-12(9)15-13/h5-8H,1-4H2,(H,16,17). The molecule has 3 rings (SSSR count). The maximum absolute atomic E-state index is 10.9. The summed E-state index contributed by atoms with van der Waals surface area (Å²) in [5.74, 6) is -0.885. The Kier molecular flexibility index (Phi) is 2.32. The zero-order valence-corrected chi connectivity index (χ0v) is 9.44. The molecule has 0 unspecified atom stereocenters. The molecule has 1 aliphatic carbocycles. The van der Waals surface area contributed by atoms with Crippen molar-refractivity contribution < 1.29 is 9.90 Å². The molecule has 0 saturated carbocycles. The molecule has 0 saturated heterocycles. The van der Waals surface area contributed by atoms with E-state index in [2.05, 4.69) is 11.1 Å². The van der Waals surface area contributed by atoms with E-state index in [9.17, 15) is 4.79 Å². The fourth-order valence-corrected chi connectivity index (χ4v) is 2.43. The molecule has 1 heterocycles. The first-order chi connectivity index (χ1) is 8.24. The molecule has 3 heteroatoms. The van der Waals surface area contributed by atoms with Gasteiger partial charge in [0.1, 0.15) is 0 Å². The Morgan fingerprint density at radius 1 is 1.18 bits per heavy atom. The predicted octanol–water partition coefficient (Wildman–Crippen LogP) is 2.81. The SMILES string of the molecule is O=C(O)c1ccc2nc3c(cc2c1)CCCC3. The highest BCUT2D eigenvalue weighted by atomic mass is 16.4. The lowest BCUT2D eigenvalue weighted by Crippen LogP contribution is -2.05. The average molecular weight is 227 g/mol. The van der Waals surface area contributed by atoms with Gasteiger partial charge in [0.15, 0.2) is 0 Å². The molecule has 0 atom stereocenters. The summed E-state index contributed by atoms with van der Waals surface area (Å²) in [6, 6.07) is 7.23. The number of hydrogen-bond acceptors (Lipinski definition) is 2. The molecule has 0 fully saturated rings. The first kappa shape index (κ1) is 10.3. The van der Waals surface area contributed by atoms with Crippen molar-refractivity contribution in [2.24, 2.45) is 0 Å². The molecule has 1 aromatic heterocycles. The lowest BCUT2D eigenvalue weighted by Gasteiger charge is -2.15. The van der Waals surface area contributed by atoms with Gasteiger partial charge in [0, 0.05) is 11.1 Å². The molecule has 86 valence electrons. The summed E-state index contributed by atoms with van der Waals surface area (Å²) in [5, 5.41) is 9.90. The van der Waals surface area contributed by atoms with Crippen LogP contribution >= 0.6 is 0 Å². The Morgan fingerprint density at radius 3 is 2.82 bits per heavy atom. The van der Waals surface area contributed by atoms with Gasteiger partial charge in [-0.15, -0.1) is 0 Å². The summed E-state index contributed by atoms with van der Waals surface area (Å²) in [7, 11) is 0. The largest absolute Gasteiger partial charge is 0.478 e. The number of aromatic carboxylic acids is 1. The third-order valence-electron chi connectivity index (χ3n) is 3.34. The number of carboxylic acids is 1. The van der Waals surface area contributed by atoms with E-state index in [1.54, 1.807) is 18.2 Å². The second kappa shape index (κ2) is 3.84. The van der Waals surface area contributed by atoms with Crippen molar-refractivity contribution in [3.05, 3.63) is 41.1 Å². The van der Waals surface area contributed by atoms with Crippen LogP contribution in [0.1, 0.15) is 34.5 Å². The zero-order chi connectivity index (χ0) is 11.8. The number of fused-ring (bicyclic) bond motifs is 2. The second-order valence-electron chi connectivity index (χ2n) is 4.51. The summed E-state index contributed by atoms with van der Waals surface area (Å²) in [6.45, 7) is 0. The number of carbonyl (C=O) groups is 1. The van der Waals surface area contributed by atoms with Gasteiger partial charge in [0.25, 0.3) is 0 Å². The van der Waals surface area contributed by atoms with E-state index in [4.69, 9.17) is 5.11 Å². The highest BCUT2D eigenvalue weighted by Crippen LogP contribution is 2.24. The van der Waals surface area contributed by atoms with E-state index in [-0.39, 0.29) is 0 Å². The van der Waals surface area contributed by atoms with Gasteiger partial charge in [-0.1, -0.05) is 0 Å². The van der Waals surface area contributed by atoms with Crippen LogP contribution in [-0.2, 0) is 12.8 Å². The molecule has 17 heavy (non-hydrogen) atoms. The number of hydrogen-bond donors (Lipinski definition) is 1. The fourth-order valence-electron chi connectivity index (χ4n) is 2.43. The molecule has 1 aromatic carbocycles. The number of nitrogens with zero attached hydrogens (tertiary/aromatic N) is 1. The minimum Gasteiger partial charge on any atom is -0.478 e. The van der Waals surface area contributed by atoms with Gasteiger partial charge >= 0.3 is 5.97 Å². The number of aryl methyl sites for hydroxylation is 2. The van der Waals surface area contributed by atoms with Crippen LogP contribution in [0.2, 0.25) is 0 Å². The van der Waals surface area contributed by atoms with Crippen LogP contribution in [0.3, 0.4) is 0 Å². The van der Waals surface area contributed by atoms with E-state index < -0.39 is 5.97 Å². The number of rotatable bonds is 1. The summed E-state index contributed by atoms with van der Waals surface area (Å²) in [6.07, 6.45) is 4.53. The third-order valence-corrected chi connectivity index (χ3v) is 3.34. The predicted molar refractivity (Wildman–Crippen MR) is 65.3 cm³/mol. The van der Waals surface area contributed by atoms with Crippen molar-refractivity contribution in [3.63, 3.8) is 0 Å². The Balaban J connectivity index is 2.20. The Hall–Kier alpha value is -1.90. The van der Waals surface area contributed by atoms with E-state index in [1.807, 2.05) is 0 Å². The van der Waals surface area contributed by atoms with E-state index in [0.717, 1.165) is 23.7 Å². The summed E-state index contributed by atoms with van der Waals surface area (Å²) < 4.78 is 0. The molecular weight excluding hydrogens is 214 g/mol. The number of benzene rings is 1. The minimum absolute atomic E-state index is 0.329. The molecule has 3 nitrogen and oxygen atoms in total. The molecule has 0 aliphatic heterocycles. The summed E-state index contributed by atoms with van der Waals surface area (Å²) in [4.78, 5) is 15.5. The highest BCUT2D eigenvalue weighted by molar-refractivity contribution is 5.93. The van der Waals surface area contributed by atoms with Crippen LogP contribution in [0.4, 0.5) is 0 Å². The topological polar surface area (TPSA) is 50.2 Å². The molecule has 0 bridgehead atoms. The van der Waals surface area contributed by atoms with Crippen molar-refractivity contribution in [2.45, 2.75) is 25.7 Å². The first-order valence-corrected chi connectivity index (χ1v) is 5.90. The van der Waals surface area contributed by atoms with Crippen LogP contribution in [0.5, 0.6) is 0 Å². The van der Waals surface area contributed by atoms with Gasteiger partial charge in [-0.05, 0) is 55.5 Å². The van der Waals surface area contributed by atoms with Crippen molar-refractivity contribution in [1.29, 1.82) is 0 Å². The molecule has 1 N–H and O–H groups in total. The summed E-state index contributed by atoms with van der Waals surface area (Å²) in [5.41, 5.74) is 3.70. The molecule has 0 amide bonds. The van der Waals surface area contributed by atoms with E-state index >= 15 is 0 Å². The van der Waals surface area contributed by atoms with Crippen molar-refractivity contribution in [3.8, 4) is 0 Å². The summed E-state index contributed by atoms with van der Waals surface area (Å²) >= 11 is 0. The average Bonchev–Trinajstić information content (AvgIpc) is 2.35. The highest BCUT2D eigenvalue weighted by Gasteiger charge is 2.12. The molecule has 2 aromatic rings. The van der Waals surface area contributed by atoms with Gasteiger partial charge in [0.05, 0.1) is 11.1 Å². The molecule has 0 spiro atoms. The quantitative estimate of drug-likeness (QED) is 0.815. The van der Waals surface area contributed by atoms with Crippen molar-refractivity contribution >= 4 is 16.9 Å². The lowest BCUT2D eigenvalue weighted by atomic mass is 9.94. The van der Waals surface area contributed by atoms with Gasteiger partial charge < -0.3 is 5.11 Å². The smallest absolute Gasteiger partial charge is 0.335 e. The lowest BCUT2D eigenvalue weighted by molar-refractivity contribution is 0.0697. The maximum Gasteiger partial charge on any atom is 0.335 e. The van der Waals surface area contributed by atoms with E-state index in [1.165, 1.54) is 24.1 Å². The van der Waals surface area contributed by atoms with Gasteiger partial charge in [-0.25, -0.2) is 4.79 Å². The fraction of sp³-hybridized carbons (Fsp3) is 0.286. The Bertz CT molecular complexity index is 604. The van der Waals surface area contributed by atoms with Crippen molar-refractivity contribution in [2.75, 3.05) is 0 Å². The van der Waals surface area contributed by atoms with Crippen LogP contribution in [0.15, 0.2) is 24.3 Å². The Labute approximate surface area is 99.1 Å². The first-order valence-electron chi connectivity index (χ1n) is 5.90. The van der Waals surface area contributed by atoms with Crippen LogP contribution < -0.4 is 0 Å². The monoisotopic (exact) mass is 227 g/mol. The van der Waals surface area contributed by atoms with Gasteiger partial charge in [0.2, 0.25) is 0 Å². The normalized spacial score (nSPS) is 14.6. The third kappa shape index (κ3) is 1.78. The number of pyridine rings is 1. The Morgan fingerprint density at radius 2 is 2.00 bits per heavy atom. The van der Waals surface area contributed by atoms with Crippen LogP contribution in [0.25, 0.3) is 10.9 Å². The molecule has 1 aliphatic rings. The maximum atomic E-state index is 10.9. The zero-order valence-electron chi connectivity index (χ0n) is 9.44. The van der Waals surface area contributed by atoms with Crippen LogP contribution in [0, 0.1) is 0 Å². The van der Waals surface area contributed by atoms with Gasteiger partial charge in [-0.2, -0.15) is 0 Å². The van der Waals surface area contributed by atoms with Crippen LogP contribution in [-0.4, -0.2) is 16.1 Å². The van der Waals surface area contributed by atoms with E-state index in [0.29, 0.717) is 5.56 Å².